The molecule has 2 aromatic rings. The fourth-order valence-electron chi connectivity index (χ4n) is 1.51. The van der Waals surface area contributed by atoms with Crippen LogP contribution in [-0.2, 0) is 11.2 Å². The van der Waals surface area contributed by atoms with Crippen molar-refractivity contribution in [3.8, 4) is 11.4 Å². The van der Waals surface area contributed by atoms with Gasteiger partial charge in [-0.05, 0) is 18.4 Å². The van der Waals surface area contributed by atoms with Crippen molar-refractivity contribution >= 4 is 17.7 Å². The fourth-order valence-corrected chi connectivity index (χ4v) is 2.10. The molecule has 0 unspecified atom stereocenters. The highest BCUT2D eigenvalue weighted by Gasteiger charge is 2.12. The van der Waals surface area contributed by atoms with Crippen molar-refractivity contribution in [3.05, 3.63) is 30.2 Å². The Labute approximate surface area is 108 Å². The maximum Gasteiger partial charge on any atom is 0.303 e. The second kappa shape index (κ2) is 5.68. The third-order valence-corrected chi connectivity index (χ3v) is 3.16. The quantitative estimate of drug-likeness (QED) is 0.836. The number of benzene rings is 1. The van der Waals surface area contributed by atoms with E-state index in [1.54, 1.807) is 11.8 Å². The Morgan fingerprint density at radius 2 is 2.22 bits per heavy atom. The molecule has 0 saturated heterocycles. The van der Waals surface area contributed by atoms with E-state index < -0.39 is 5.97 Å². The first-order chi connectivity index (χ1) is 8.70. The average Bonchev–Trinajstić information content (AvgIpc) is 2.85. The molecule has 0 saturated carbocycles. The fraction of sp³-hybridized carbons (Fsp3) is 0.250. The van der Waals surface area contributed by atoms with Crippen LogP contribution in [0.5, 0.6) is 0 Å². The summed E-state index contributed by atoms with van der Waals surface area (Å²) in [6, 6.07) is 7.74. The Kier molecular flexibility index (Phi) is 3.99. The SMILES string of the molecule is CSc1ccccc1-c1noc(CCC(=O)O)n1. The average molecular weight is 264 g/mol. The van der Waals surface area contributed by atoms with Crippen LogP contribution in [0.1, 0.15) is 12.3 Å². The van der Waals surface area contributed by atoms with Crippen LogP contribution in [-0.4, -0.2) is 27.5 Å². The van der Waals surface area contributed by atoms with E-state index in [1.807, 2.05) is 30.5 Å². The molecule has 2 rings (SSSR count). The Morgan fingerprint density at radius 1 is 1.44 bits per heavy atom. The van der Waals surface area contributed by atoms with E-state index in [2.05, 4.69) is 10.1 Å². The number of hydrogen-bond donors (Lipinski definition) is 1. The predicted octanol–water partition coefficient (Wildman–Crippen LogP) is 2.48. The molecule has 5 nitrogen and oxygen atoms in total. The maximum atomic E-state index is 10.5. The lowest BCUT2D eigenvalue weighted by Crippen LogP contribution is -1.97. The standard InChI is InChI=1S/C12H12N2O3S/c1-18-9-5-3-2-4-8(9)12-13-10(17-14-12)6-7-11(15)16/h2-5H,6-7H2,1H3,(H,15,16). The van der Waals surface area contributed by atoms with E-state index in [-0.39, 0.29) is 12.8 Å². The van der Waals surface area contributed by atoms with Crippen molar-refractivity contribution in [2.75, 3.05) is 6.26 Å². The van der Waals surface area contributed by atoms with E-state index in [1.165, 1.54) is 0 Å². The van der Waals surface area contributed by atoms with Gasteiger partial charge in [0.05, 0.1) is 6.42 Å². The number of rotatable bonds is 5. The van der Waals surface area contributed by atoms with Crippen molar-refractivity contribution in [3.63, 3.8) is 0 Å². The number of aromatic nitrogens is 2. The molecule has 0 radical (unpaired) electrons. The normalized spacial score (nSPS) is 10.5. The van der Waals surface area contributed by atoms with Crippen molar-refractivity contribution in [2.24, 2.45) is 0 Å². The molecule has 0 fully saturated rings. The minimum absolute atomic E-state index is 0.00813. The van der Waals surface area contributed by atoms with E-state index in [0.29, 0.717) is 11.7 Å². The highest BCUT2D eigenvalue weighted by Crippen LogP contribution is 2.27. The summed E-state index contributed by atoms with van der Waals surface area (Å²) in [5, 5.41) is 12.5. The van der Waals surface area contributed by atoms with Crippen LogP contribution in [0, 0.1) is 0 Å². The smallest absolute Gasteiger partial charge is 0.303 e. The van der Waals surface area contributed by atoms with Crippen molar-refractivity contribution < 1.29 is 14.4 Å². The van der Waals surface area contributed by atoms with Gasteiger partial charge in [-0.15, -0.1) is 11.8 Å². The third kappa shape index (κ3) is 2.89. The predicted molar refractivity (Wildman–Crippen MR) is 67.5 cm³/mol. The number of carboxylic acid groups (broad SMARTS) is 1. The van der Waals surface area contributed by atoms with Crippen LogP contribution in [0.4, 0.5) is 0 Å². The Morgan fingerprint density at radius 3 is 2.94 bits per heavy atom. The monoisotopic (exact) mass is 264 g/mol. The zero-order chi connectivity index (χ0) is 13.0. The molecular weight excluding hydrogens is 252 g/mol. The summed E-state index contributed by atoms with van der Waals surface area (Å²) < 4.78 is 5.04. The summed E-state index contributed by atoms with van der Waals surface area (Å²) in [6.45, 7) is 0. The first-order valence-corrected chi connectivity index (χ1v) is 6.61. The molecule has 0 aliphatic heterocycles. The summed E-state index contributed by atoms with van der Waals surface area (Å²) in [7, 11) is 0. The number of hydrogen-bond acceptors (Lipinski definition) is 5. The number of thioether (sulfide) groups is 1. The minimum atomic E-state index is -0.876. The van der Waals surface area contributed by atoms with Crippen molar-refractivity contribution in [1.29, 1.82) is 0 Å². The van der Waals surface area contributed by atoms with Gasteiger partial charge < -0.3 is 9.63 Å². The van der Waals surface area contributed by atoms with E-state index in [0.717, 1.165) is 10.5 Å². The van der Waals surface area contributed by atoms with E-state index in [4.69, 9.17) is 9.63 Å². The molecule has 0 aliphatic carbocycles. The summed E-state index contributed by atoms with van der Waals surface area (Å²) in [5.41, 5.74) is 0.898. The number of nitrogens with zero attached hydrogens (tertiary/aromatic N) is 2. The Balaban J connectivity index is 2.21. The molecule has 18 heavy (non-hydrogen) atoms. The van der Waals surface area contributed by atoms with Gasteiger partial charge in [0.25, 0.3) is 0 Å². The third-order valence-electron chi connectivity index (χ3n) is 2.37. The molecular formula is C12H12N2O3S. The second-order valence-electron chi connectivity index (χ2n) is 3.61. The highest BCUT2D eigenvalue weighted by atomic mass is 32.2. The van der Waals surface area contributed by atoms with Crippen LogP contribution < -0.4 is 0 Å². The topological polar surface area (TPSA) is 76.2 Å². The van der Waals surface area contributed by atoms with Gasteiger partial charge in [0.2, 0.25) is 11.7 Å². The summed E-state index contributed by atoms with van der Waals surface area (Å²) in [4.78, 5) is 15.7. The van der Waals surface area contributed by atoms with Crippen LogP contribution in [0.3, 0.4) is 0 Å². The van der Waals surface area contributed by atoms with Crippen LogP contribution >= 0.6 is 11.8 Å². The Hall–Kier alpha value is -1.82. The summed E-state index contributed by atoms with van der Waals surface area (Å²) in [6.07, 6.45) is 2.22. The van der Waals surface area contributed by atoms with Crippen LogP contribution in [0.25, 0.3) is 11.4 Å². The van der Waals surface area contributed by atoms with Crippen LogP contribution in [0.2, 0.25) is 0 Å². The lowest BCUT2D eigenvalue weighted by Gasteiger charge is -2.00. The first-order valence-electron chi connectivity index (χ1n) is 5.38. The largest absolute Gasteiger partial charge is 0.481 e. The zero-order valence-electron chi connectivity index (χ0n) is 9.79. The highest BCUT2D eigenvalue weighted by molar-refractivity contribution is 7.98. The molecule has 0 atom stereocenters. The van der Waals surface area contributed by atoms with Gasteiger partial charge in [-0.3, -0.25) is 4.79 Å². The van der Waals surface area contributed by atoms with Gasteiger partial charge in [0, 0.05) is 16.9 Å². The molecule has 1 aromatic carbocycles. The Bertz CT molecular complexity index is 554. The molecule has 1 heterocycles. The molecule has 0 bridgehead atoms. The van der Waals surface area contributed by atoms with Gasteiger partial charge in [-0.1, -0.05) is 17.3 Å². The maximum absolute atomic E-state index is 10.5. The molecule has 94 valence electrons. The number of carboxylic acids is 1. The molecule has 0 spiro atoms. The van der Waals surface area contributed by atoms with E-state index >= 15 is 0 Å². The molecule has 1 N–H and O–H groups in total. The summed E-state index contributed by atoms with van der Waals surface area (Å²) in [5.74, 6) is -0.0251. The lowest BCUT2D eigenvalue weighted by molar-refractivity contribution is -0.137. The molecule has 6 heteroatoms. The van der Waals surface area contributed by atoms with Gasteiger partial charge in [0.1, 0.15) is 0 Å². The number of carbonyl (C=O) groups is 1. The lowest BCUT2D eigenvalue weighted by atomic mass is 10.2. The van der Waals surface area contributed by atoms with Crippen LogP contribution in [0.15, 0.2) is 33.7 Å². The molecule has 0 amide bonds. The minimum Gasteiger partial charge on any atom is -0.481 e. The first kappa shape index (κ1) is 12.6. The van der Waals surface area contributed by atoms with Gasteiger partial charge in [0.15, 0.2) is 0 Å². The van der Waals surface area contributed by atoms with Gasteiger partial charge in [-0.25, -0.2) is 0 Å². The van der Waals surface area contributed by atoms with E-state index in [9.17, 15) is 4.79 Å². The second-order valence-corrected chi connectivity index (χ2v) is 4.45. The molecule has 1 aromatic heterocycles. The zero-order valence-corrected chi connectivity index (χ0v) is 10.6. The number of aliphatic carboxylic acids is 1. The van der Waals surface area contributed by atoms with Gasteiger partial charge >= 0.3 is 5.97 Å². The summed E-state index contributed by atoms with van der Waals surface area (Å²) >= 11 is 1.60. The van der Waals surface area contributed by atoms with Crippen molar-refractivity contribution in [1.82, 2.24) is 10.1 Å². The van der Waals surface area contributed by atoms with Crippen molar-refractivity contribution in [2.45, 2.75) is 17.7 Å². The van der Waals surface area contributed by atoms with Gasteiger partial charge in [-0.2, -0.15) is 4.98 Å². The molecule has 0 aliphatic rings. The number of aryl methyl sites for hydroxylation is 1.